The maximum atomic E-state index is 13.6. The molecule has 2 nitrogen and oxygen atoms in total. The van der Waals surface area contributed by atoms with Gasteiger partial charge in [-0.25, -0.2) is 8.78 Å². The molecule has 1 atom stereocenters. The van der Waals surface area contributed by atoms with Gasteiger partial charge < -0.3 is 9.88 Å². The average molecular weight is 278 g/mol. The quantitative estimate of drug-likeness (QED) is 0.844. The summed E-state index contributed by atoms with van der Waals surface area (Å²) in [6.07, 6.45) is 5.20. The van der Waals surface area contributed by atoms with E-state index in [1.54, 1.807) is 0 Å². The molecule has 1 unspecified atom stereocenters. The van der Waals surface area contributed by atoms with Crippen LogP contribution in [0.5, 0.6) is 0 Å². The van der Waals surface area contributed by atoms with Crippen LogP contribution in [-0.4, -0.2) is 4.57 Å². The minimum Gasteiger partial charge on any atom is -0.354 e. The van der Waals surface area contributed by atoms with E-state index in [-0.39, 0.29) is 11.9 Å². The first-order chi connectivity index (χ1) is 9.60. The number of benzene rings is 1. The topological polar surface area (TPSA) is 17.0 Å². The molecule has 0 saturated heterocycles. The first-order valence-corrected chi connectivity index (χ1v) is 6.93. The number of hydrogen-bond acceptors (Lipinski definition) is 1. The van der Waals surface area contributed by atoms with Gasteiger partial charge in [-0.1, -0.05) is 6.92 Å². The highest BCUT2D eigenvalue weighted by atomic mass is 19.1. The van der Waals surface area contributed by atoms with Gasteiger partial charge in [0.15, 0.2) is 0 Å². The highest BCUT2D eigenvalue weighted by molar-refractivity contribution is 5.22. The molecule has 0 fully saturated rings. The van der Waals surface area contributed by atoms with E-state index in [0.29, 0.717) is 12.1 Å². The number of rotatable bonds is 6. The highest BCUT2D eigenvalue weighted by Crippen LogP contribution is 2.18. The van der Waals surface area contributed by atoms with Gasteiger partial charge in [0.05, 0.1) is 0 Å². The summed E-state index contributed by atoms with van der Waals surface area (Å²) in [5.41, 5.74) is 1.50. The van der Waals surface area contributed by atoms with Gasteiger partial charge >= 0.3 is 0 Å². The van der Waals surface area contributed by atoms with Crippen LogP contribution >= 0.6 is 0 Å². The average Bonchev–Trinajstić information content (AvgIpc) is 2.87. The molecule has 1 aromatic carbocycles. The Kier molecular flexibility index (Phi) is 4.90. The van der Waals surface area contributed by atoms with Crippen molar-refractivity contribution in [2.24, 2.45) is 0 Å². The first-order valence-electron chi connectivity index (χ1n) is 6.93. The minimum atomic E-state index is -0.413. The van der Waals surface area contributed by atoms with Crippen LogP contribution in [0.4, 0.5) is 8.78 Å². The van der Waals surface area contributed by atoms with Gasteiger partial charge in [0.1, 0.15) is 11.6 Å². The summed E-state index contributed by atoms with van der Waals surface area (Å²) in [5.74, 6) is -0.792. The van der Waals surface area contributed by atoms with Crippen LogP contribution in [0.1, 0.15) is 37.4 Å². The highest BCUT2D eigenvalue weighted by Gasteiger charge is 2.11. The Bertz CT molecular complexity index is 563. The number of aryl methyl sites for hydroxylation is 1. The molecule has 2 aromatic rings. The normalized spacial score (nSPS) is 12.6. The molecule has 4 heteroatoms. The molecule has 108 valence electrons. The Hall–Kier alpha value is -1.68. The van der Waals surface area contributed by atoms with E-state index in [0.717, 1.165) is 24.6 Å². The predicted molar refractivity (Wildman–Crippen MR) is 76.3 cm³/mol. The van der Waals surface area contributed by atoms with Crippen LogP contribution in [0.2, 0.25) is 0 Å². The summed E-state index contributed by atoms with van der Waals surface area (Å²) in [6.45, 7) is 5.59. The number of nitrogens with one attached hydrogen (secondary N) is 1. The Labute approximate surface area is 118 Å². The third-order valence-corrected chi connectivity index (χ3v) is 3.33. The van der Waals surface area contributed by atoms with Gasteiger partial charge in [-0.2, -0.15) is 0 Å². The first kappa shape index (κ1) is 14.7. The summed E-state index contributed by atoms with van der Waals surface area (Å²) in [6, 6.07) is 5.35. The Morgan fingerprint density at radius 1 is 1.25 bits per heavy atom. The van der Waals surface area contributed by atoms with E-state index in [4.69, 9.17) is 0 Å². The monoisotopic (exact) mass is 278 g/mol. The lowest BCUT2D eigenvalue weighted by Gasteiger charge is -2.14. The Morgan fingerprint density at radius 3 is 2.80 bits per heavy atom. The molecule has 0 aliphatic rings. The molecular weight excluding hydrogens is 258 g/mol. The number of halogens is 2. The van der Waals surface area contributed by atoms with Crippen molar-refractivity contribution in [3.63, 3.8) is 0 Å². The maximum Gasteiger partial charge on any atom is 0.128 e. The Balaban J connectivity index is 1.97. The Morgan fingerprint density at radius 2 is 2.05 bits per heavy atom. The molecule has 0 spiro atoms. The van der Waals surface area contributed by atoms with Crippen molar-refractivity contribution >= 4 is 0 Å². The second-order valence-corrected chi connectivity index (χ2v) is 5.03. The molecule has 0 amide bonds. The van der Waals surface area contributed by atoms with E-state index < -0.39 is 5.82 Å². The second kappa shape index (κ2) is 6.66. The van der Waals surface area contributed by atoms with Crippen LogP contribution in [0.15, 0.2) is 36.7 Å². The zero-order valence-electron chi connectivity index (χ0n) is 11.9. The van der Waals surface area contributed by atoms with Gasteiger partial charge in [-0.3, -0.25) is 0 Å². The SMILES string of the molecule is CCCn1ccc(CNC(C)c2cc(F)ccc2F)c1. The summed E-state index contributed by atoms with van der Waals surface area (Å²) < 4.78 is 28.9. The van der Waals surface area contributed by atoms with Crippen molar-refractivity contribution in [2.45, 2.75) is 39.4 Å². The lowest BCUT2D eigenvalue weighted by molar-refractivity contribution is 0.518. The van der Waals surface area contributed by atoms with Crippen molar-refractivity contribution in [2.75, 3.05) is 0 Å². The van der Waals surface area contributed by atoms with Gasteiger partial charge in [-0.15, -0.1) is 0 Å². The van der Waals surface area contributed by atoms with E-state index in [2.05, 4.69) is 23.0 Å². The van der Waals surface area contributed by atoms with Crippen LogP contribution in [0.25, 0.3) is 0 Å². The summed E-state index contributed by atoms with van der Waals surface area (Å²) in [7, 11) is 0. The third-order valence-electron chi connectivity index (χ3n) is 3.33. The van der Waals surface area contributed by atoms with Gasteiger partial charge in [0.2, 0.25) is 0 Å². The largest absolute Gasteiger partial charge is 0.354 e. The van der Waals surface area contributed by atoms with Gasteiger partial charge in [0.25, 0.3) is 0 Å². The van der Waals surface area contributed by atoms with Crippen molar-refractivity contribution in [1.29, 1.82) is 0 Å². The van der Waals surface area contributed by atoms with Gasteiger partial charge in [-0.05, 0) is 43.2 Å². The van der Waals surface area contributed by atoms with Crippen LogP contribution < -0.4 is 5.32 Å². The van der Waals surface area contributed by atoms with Crippen molar-refractivity contribution in [3.8, 4) is 0 Å². The molecule has 0 radical (unpaired) electrons. The van der Waals surface area contributed by atoms with E-state index >= 15 is 0 Å². The van der Waals surface area contributed by atoms with Crippen LogP contribution in [-0.2, 0) is 13.1 Å². The number of nitrogens with zero attached hydrogens (tertiary/aromatic N) is 1. The standard InChI is InChI=1S/C16H20F2N2/c1-3-7-20-8-6-13(11-20)10-19-12(2)15-9-14(17)4-5-16(15)18/h4-6,8-9,11-12,19H,3,7,10H2,1-2H3. The summed E-state index contributed by atoms with van der Waals surface area (Å²) in [5, 5.41) is 3.22. The van der Waals surface area contributed by atoms with Crippen LogP contribution in [0.3, 0.4) is 0 Å². The summed E-state index contributed by atoms with van der Waals surface area (Å²) in [4.78, 5) is 0. The van der Waals surface area contributed by atoms with E-state index in [1.807, 2.05) is 19.2 Å². The predicted octanol–water partition coefficient (Wildman–Crippen LogP) is 4.03. The second-order valence-electron chi connectivity index (χ2n) is 5.03. The zero-order valence-corrected chi connectivity index (χ0v) is 11.9. The maximum absolute atomic E-state index is 13.6. The van der Waals surface area contributed by atoms with Crippen molar-refractivity contribution in [3.05, 3.63) is 59.4 Å². The number of hydrogen-bond donors (Lipinski definition) is 1. The molecule has 2 rings (SSSR count). The summed E-state index contributed by atoms with van der Waals surface area (Å²) >= 11 is 0. The van der Waals surface area contributed by atoms with Gasteiger partial charge in [0, 0.05) is 37.1 Å². The molecule has 1 aromatic heterocycles. The van der Waals surface area contributed by atoms with Crippen LogP contribution in [0, 0.1) is 11.6 Å². The van der Waals surface area contributed by atoms with Crippen molar-refractivity contribution < 1.29 is 8.78 Å². The lowest BCUT2D eigenvalue weighted by atomic mass is 10.1. The lowest BCUT2D eigenvalue weighted by Crippen LogP contribution is -2.19. The molecule has 0 aliphatic carbocycles. The molecule has 0 bridgehead atoms. The molecule has 1 heterocycles. The fourth-order valence-corrected chi connectivity index (χ4v) is 2.22. The van der Waals surface area contributed by atoms with E-state index in [9.17, 15) is 8.78 Å². The van der Waals surface area contributed by atoms with E-state index in [1.165, 1.54) is 12.1 Å². The zero-order chi connectivity index (χ0) is 14.5. The minimum absolute atomic E-state index is 0.236. The molecule has 0 saturated carbocycles. The molecule has 0 aliphatic heterocycles. The molecule has 1 N–H and O–H groups in total. The smallest absolute Gasteiger partial charge is 0.128 e. The number of aromatic nitrogens is 1. The fourth-order valence-electron chi connectivity index (χ4n) is 2.22. The van der Waals surface area contributed by atoms with Crippen molar-refractivity contribution in [1.82, 2.24) is 9.88 Å². The third kappa shape index (κ3) is 3.67. The molecular formula is C16H20F2N2. The fraction of sp³-hybridized carbons (Fsp3) is 0.375. The molecule has 20 heavy (non-hydrogen) atoms.